The van der Waals surface area contributed by atoms with Crippen molar-refractivity contribution in [3.63, 3.8) is 0 Å². The van der Waals surface area contributed by atoms with Gasteiger partial charge in [-0.05, 0) is 31.4 Å². The van der Waals surface area contributed by atoms with Gasteiger partial charge in [0.1, 0.15) is 0 Å². The number of hydrogen-bond donors (Lipinski definition) is 2. The number of nitrogens with zero attached hydrogens (tertiary/aromatic N) is 1. The van der Waals surface area contributed by atoms with Gasteiger partial charge < -0.3 is 11.1 Å². The molecule has 0 aliphatic heterocycles. The Kier molecular flexibility index (Phi) is 3.65. The van der Waals surface area contributed by atoms with E-state index in [1.807, 2.05) is 30.5 Å². The minimum Gasteiger partial charge on any atom is -0.328 e. The summed E-state index contributed by atoms with van der Waals surface area (Å²) in [5.41, 5.74) is 6.81. The van der Waals surface area contributed by atoms with Crippen LogP contribution in [0.5, 0.6) is 0 Å². The van der Waals surface area contributed by atoms with Crippen molar-refractivity contribution in [1.29, 1.82) is 0 Å². The summed E-state index contributed by atoms with van der Waals surface area (Å²) in [6, 6.07) is 7.96. The molecular weight excluding hydrogens is 250 g/mol. The fraction of sp³-hybridized carbons (Fsp3) is 0.375. The number of nitrogens with two attached hydrogens (primary N) is 1. The maximum atomic E-state index is 12.4. The van der Waals surface area contributed by atoms with Crippen LogP contribution in [-0.4, -0.2) is 16.9 Å². The van der Waals surface area contributed by atoms with E-state index in [-0.39, 0.29) is 17.9 Å². The number of pyridine rings is 1. The quantitative estimate of drug-likeness (QED) is 0.880. The van der Waals surface area contributed by atoms with Crippen LogP contribution in [0.2, 0.25) is 0 Å². The van der Waals surface area contributed by atoms with Gasteiger partial charge in [0.15, 0.2) is 0 Å². The number of rotatable bonds is 2. The highest BCUT2D eigenvalue weighted by atomic mass is 16.1. The van der Waals surface area contributed by atoms with Crippen LogP contribution in [0.1, 0.15) is 25.7 Å². The average molecular weight is 269 g/mol. The molecule has 1 saturated carbocycles. The van der Waals surface area contributed by atoms with Gasteiger partial charge in [-0.25, -0.2) is 0 Å². The first kappa shape index (κ1) is 13.1. The van der Waals surface area contributed by atoms with E-state index in [2.05, 4.69) is 10.3 Å². The van der Waals surface area contributed by atoms with E-state index >= 15 is 0 Å². The van der Waals surface area contributed by atoms with Gasteiger partial charge in [-0.2, -0.15) is 0 Å². The van der Waals surface area contributed by atoms with Crippen LogP contribution in [0.3, 0.4) is 0 Å². The normalized spacial score (nSPS) is 22.6. The fourth-order valence-electron chi connectivity index (χ4n) is 2.93. The Morgan fingerprint density at radius 2 is 2.20 bits per heavy atom. The Hall–Kier alpha value is -1.94. The van der Waals surface area contributed by atoms with E-state index in [1.165, 1.54) is 0 Å². The highest BCUT2D eigenvalue weighted by molar-refractivity contribution is 6.02. The summed E-state index contributed by atoms with van der Waals surface area (Å²) in [5.74, 6) is 0.125. The molecule has 3 rings (SSSR count). The molecule has 1 amide bonds. The first-order chi connectivity index (χ1) is 9.74. The lowest BCUT2D eigenvalue weighted by Gasteiger charge is -2.25. The van der Waals surface area contributed by atoms with Crippen molar-refractivity contribution in [3.05, 3.63) is 36.7 Å². The van der Waals surface area contributed by atoms with Gasteiger partial charge in [-0.3, -0.25) is 9.78 Å². The third-order valence-electron chi connectivity index (χ3n) is 4.02. The molecule has 3 N–H and O–H groups in total. The summed E-state index contributed by atoms with van der Waals surface area (Å²) in [7, 11) is 0. The Morgan fingerprint density at radius 1 is 1.30 bits per heavy atom. The average Bonchev–Trinajstić information content (AvgIpc) is 2.47. The molecule has 2 aromatic rings. The van der Waals surface area contributed by atoms with E-state index in [4.69, 9.17) is 5.73 Å². The zero-order valence-corrected chi connectivity index (χ0v) is 11.4. The van der Waals surface area contributed by atoms with Gasteiger partial charge in [0.05, 0.1) is 0 Å². The molecule has 0 spiro atoms. The predicted octanol–water partition coefficient (Wildman–Crippen LogP) is 2.69. The van der Waals surface area contributed by atoms with E-state index in [0.717, 1.165) is 42.1 Å². The van der Waals surface area contributed by atoms with Crippen molar-refractivity contribution in [3.8, 4) is 0 Å². The van der Waals surface area contributed by atoms with Gasteiger partial charge in [0, 0.05) is 40.8 Å². The van der Waals surface area contributed by atoms with Crippen LogP contribution in [0.25, 0.3) is 10.8 Å². The van der Waals surface area contributed by atoms with Gasteiger partial charge >= 0.3 is 0 Å². The number of anilines is 1. The Morgan fingerprint density at radius 3 is 3.05 bits per heavy atom. The van der Waals surface area contributed by atoms with Gasteiger partial charge in [-0.15, -0.1) is 0 Å². The number of carbonyl (C=O) groups excluding carboxylic acids is 1. The van der Waals surface area contributed by atoms with Crippen LogP contribution in [-0.2, 0) is 4.79 Å². The second kappa shape index (κ2) is 5.59. The molecule has 0 bridgehead atoms. The third kappa shape index (κ3) is 2.65. The Labute approximate surface area is 118 Å². The number of benzene rings is 1. The molecule has 1 fully saturated rings. The lowest BCUT2D eigenvalue weighted by Crippen LogP contribution is -2.34. The largest absolute Gasteiger partial charge is 0.328 e. The van der Waals surface area contributed by atoms with E-state index in [1.54, 1.807) is 6.20 Å². The third-order valence-corrected chi connectivity index (χ3v) is 4.02. The molecule has 1 aliphatic rings. The summed E-state index contributed by atoms with van der Waals surface area (Å²) in [5, 5.41) is 5.11. The maximum absolute atomic E-state index is 12.4. The number of carbonyl (C=O) groups is 1. The van der Waals surface area contributed by atoms with Crippen molar-refractivity contribution < 1.29 is 4.79 Å². The number of nitrogens with one attached hydrogen (secondary N) is 1. The van der Waals surface area contributed by atoms with Crippen LogP contribution in [0.4, 0.5) is 5.69 Å². The van der Waals surface area contributed by atoms with Crippen LogP contribution < -0.4 is 11.1 Å². The first-order valence-corrected chi connectivity index (χ1v) is 7.13. The molecule has 1 aliphatic carbocycles. The summed E-state index contributed by atoms with van der Waals surface area (Å²) >= 11 is 0. The molecule has 0 saturated heterocycles. The monoisotopic (exact) mass is 269 g/mol. The van der Waals surface area contributed by atoms with Crippen molar-refractivity contribution in [2.24, 2.45) is 11.7 Å². The molecule has 4 heteroatoms. The summed E-state index contributed by atoms with van der Waals surface area (Å²) in [4.78, 5) is 16.5. The van der Waals surface area contributed by atoms with Gasteiger partial charge in [0.25, 0.3) is 0 Å². The zero-order valence-electron chi connectivity index (χ0n) is 11.4. The van der Waals surface area contributed by atoms with E-state index in [9.17, 15) is 4.79 Å². The topological polar surface area (TPSA) is 68.0 Å². The molecule has 1 aromatic heterocycles. The Balaban J connectivity index is 1.80. The van der Waals surface area contributed by atoms with Gasteiger partial charge in [0.2, 0.25) is 5.91 Å². The van der Waals surface area contributed by atoms with Crippen molar-refractivity contribution in [1.82, 2.24) is 4.98 Å². The second-order valence-electron chi connectivity index (χ2n) is 5.52. The molecule has 2 unspecified atom stereocenters. The standard InChI is InChI=1S/C16H19N3O/c17-13-5-1-3-11(9-13)16(20)19-15-6-2-4-12-10-18-8-7-14(12)15/h2,4,6-8,10-11,13H,1,3,5,9,17H2,(H,19,20). The van der Waals surface area contributed by atoms with Crippen LogP contribution in [0, 0.1) is 5.92 Å². The molecule has 0 radical (unpaired) electrons. The van der Waals surface area contributed by atoms with Crippen molar-refractivity contribution in [2.45, 2.75) is 31.7 Å². The molecular formula is C16H19N3O. The minimum absolute atomic E-state index is 0.0378. The van der Waals surface area contributed by atoms with Crippen LogP contribution in [0.15, 0.2) is 36.7 Å². The molecule has 2 atom stereocenters. The molecule has 104 valence electrons. The second-order valence-corrected chi connectivity index (χ2v) is 5.52. The first-order valence-electron chi connectivity index (χ1n) is 7.13. The number of aromatic nitrogens is 1. The summed E-state index contributed by atoms with van der Waals surface area (Å²) in [6.45, 7) is 0. The summed E-state index contributed by atoms with van der Waals surface area (Å²) in [6.07, 6.45) is 7.35. The van der Waals surface area contributed by atoms with E-state index < -0.39 is 0 Å². The maximum Gasteiger partial charge on any atom is 0.227 e. The lowest BCUT2D eigenvalue weighted by atomic mass is 9.85. The number of hydrogen-bond acceptors (Lipinski definition) is 3. The van der Waals surface area contributed by atoms with Gasteiger partial charge in [-0.1, -0.05) is 18.6 Å². The molecule has 4 nitrogen and oxygen atoms in total. The van der Waals surface area contributed by atoms with Crippen molar-refractivity contribution >= 4 is 22.4 Å². The van der Waals surface area contributed by atoms with Crippen molar-refractivity contribution in [2.75, 3.05) is 5.32 Å². The molecule has 20 heavy (non-hydrogen) atoms. The predicted molar refractivity (Wildman–Crippen MR) is 80.3 cm³/mol. The molecule has 1 heterocycles. The fourth-order valence-corrected chi connectivity index (χ4v) is 2.93. The lowest BCUT2D eigenvalue weighted by molar-refractivity contribution is -0.120. The van der Waals surface area contributed by atoms with E-state index in [0.29, 0.717) is 0 Å². The minimum atomic E-state index is 0.0378. The Bertz CT molecular complexity index is 621. The smallest absolute Gasteiger partial charge is 0.227 e. The number of amides is 1. The van der Waals surface area contributed by atoms with Crippen LogP contribution >= 0.6 is 0 Å². The highest BCUT2D eigenvalue weighted by Crippen LogP contribution is 2.27. The highest BCUT2D eigenvalue weighted by Gasteiger charge is 2.25. The SMILES string of the molecule is NC1CCCC(C(=O)Nc2cccc3cnccc23)C1. The summed E-state index contributed by atoms with van der Waals surface area (Å²) < 4.78 is 0. The zero-order chi connectivity index (χ0) is 13.9. The number of fused-ring (bicyclic) bond motifs is 1. The molecule has 1 aromatic carbocycles.